The van der Waals surface area contributed by atoms with E-state index in [2.05, 4.69) is 10.3 Å². The van der Waals surface area contributed by atoms with Gasteiger partial charge in [-0.3, -0.25) is 9.59 Å². The quantitative estimate of drug-likeness (QED) is 0.835. The molecule has 2 atom stereocenters. The fraction of sp³-hybridized carbons (Fsp3) is 0.500. The fourth-order valence-electron chi connectivity index (χ4n) is 3.71. The third kappa shape index (κ3) is 3.98. The zero-order chi connectivity index (χ0) is 18.9. The van der Waals surface area contributed by atoms with Crippen LogP contribution in [0.4, 0.5) is 4.39 Å². The van der Waals surface area contributed by atoms with Crippen molar-refractivity contribution in [1.82, 2.24) is 14.9 Å². The average molecular weight is 381 g/mol. The third-order valence-corrected chi connectivity index (χ3v) is 5.17. The number of rotatable bonds is 5. The summed E-state index contributed by atoms with van der Waals surface area (Å²) in [5.41, 5.74) is 4.85. The molecule has 2 amide bonds. The van der Waals surface area contributed by atoms with Gasteiger partial charge in [0.1, 0.15) is 17.9 Å². The van der Waals surface area contributed by atoms with Crippen LogP contribution in [-0.2, 0) is 11.3 Å². The lowest BCUT2D eigenvalue weighted by atomic mass is 9.80. The number of fused-ring (bicyclic) bond motifs is 1. The van der Waals surface area contributed by atoms with Gasteiger partial charge in [-0.25, -0.2) is 9.37 Å². The normalized spacial score (nSPS) is 23.1. The van der Waals surface area contributed by atoms with E-state index in [-0.39, 0.29) is 18.4 Å². The highest BCUT2D eigenvalue weighted by Crippen LogP contribution is 2.35. The predicted octanol–water partition coefficient (Wildman–Crippen LogP) is 2.82. The van der Waals surface area contributed by atoms with Crippen LogP contribution in [0, 0.1) is 5.92 Å². The molecular weight excluding hydrogens is 359 g/mol. The number of hydrogen-bond acceptors (Lipinski definition) is 3. The zero-order valence-electron chi connectivity index (χ0n) is 14.6. The molecule has 0 saturated heterocycles. The number of halogens is 2. The standard InChI is InChI=1S/C18H22ClFN4O2/c1-18(20)5-2-3-11(7-18)8-23-17(26)12-9-24(10-14(21)25)16-15(12)13(19)4-6-22-16/h4,6,9,11H,2-3,5,7-8,10H2,1H3,(H2,21,25)(H,23,26). The predicted molar refractivity (Wildman–Crippen MR) is 97.7 cm³/mol. The van der Waals surface area contributed by atoms with Gasteiger partial charge in [0.25, 0.3) is 5.91 Å². The molecule has 2 aromatic heterocycles. The average Bonchev–Trinajstić information content (AvgIpc) is 2.91. The number of carbonyl (C=O) groups excluding carboxylic acids is 2. The summed E-state index contributed by atoms with van der Waals surface area (Å²) >= 11 is 6.24. The lowest BCUT2D eigenvalue weighted by Gasteiger charge is -2.31. The van der Waals surface area contributed by atoms with Gasteiger partial charge in [-0.05, 0) is 44.6 Å². The molecule has 3 N–H and O–H groups in total. The molecule has 6 nitrogen and oxygen atoms in total. The summed E-state index contributed by atoms with van der Waals surface area (Å²) in [5.74, 6) is -0.755. The summed E-state index contributed by atoms with van der Waals surface area (Å²) in [5, 5.41) is 3.72. The first kappa shape index (κ1) is 18.6. The van der Waals surface area contributed by atoms with E-state index in [1.807, 2.05) is 0 Å². The molecule has 2 aromatic rings. The van der Waals surface area contributed by atoms with Crippen molar-refractivity contribution in [2.75, 3.05) is 6.54 Å². The van der Waals surface area contributed by atoms with Gasteiger partial charge >= 0.3 is 0 Å². The van der Waals surface area contributed by atoms with Crippen LogP contribution in [0.3, 0.4) is 0 Å². The highest BCUT2D eigenvalue weighted by molar-refractivity contribution is 6.36. The first-order valence-electron chi connectivity index (χ1n) is 8.65. The Hall–Kier alpha value is -2.15. The molecule has 3 rings (SSSR count). The number of amides is 2. The van der Waals surface area contributed by atoms with E-state index >= 15 is 0 Å². The molecule has 140 valence electrons. The van der Waals surface area contributed by atoms with Crippen LogP contribution in [0.2, 0.25) is 5.02 Å². The topological polar surface area (TPSA) is 90.0 Å². The SMILES string of the molecule is CC1(F)CCCC(CNC(=O)c2cn(CC(N)=O)c3nccc(Cl)c23)C1. The number of nitrogens with zero attached hydrogens (tertiary/aromatic N) is 2. The minimum atomic E-state index is -1.17. The fourth-order valence-corrected chi connectivity index (χ4v) is 3.95. The molecular formula is C18H22ClFN4O2. The summed E-state index contributed by atoms with van der Waals surface area (Å²) in [4.78, 5) is 28.2. The van der Waals surface area contributed by atoms with Crippen LogP contribution < -0.4 is 11.1 Å². The number of nitrogens with one attached hydrogen (secondary N) is 1. The Morgan fingerprint density at radius 2 is 2.31 bits per heavy atom. The van der Waals surface area contributed by atoms with Gasteiger partial charge < -0.3 is 15.6 Å². The smallest absolute Gasteiger partial charge is 0.253 e. The molecule has 1 aliphatic rings. The first-order chi connectivity index (χ1) is 12.3. The number of nitrogens with two attached hydrogens (primary N) is 1. The van der Waals surface area contributed by atoms with E-state index in [1.54, 1.807) is 13.0 Å². The minimum absolute atomic E-state index is 0.0973. The van der Waals surface area contributed by atoms with Crippen molar-refractivity contribution < 1.29 is 14.0 Å². The van der Waals surface area contributed by atoms with E-state index in [0.29, 0.717) is 41.0 Å². The van der Waals surface area contributed by atoms with Crippen molar-refractivity contribution in [1.29, 1.82) is 0 Å². The first-order valence-corrected chi connectivity index (χ1v) is 9.03. The Morgan fingerprint density at radius 1 is 1.54 bits per heavy atom. The summed E-state index contributed by atoms with van der Waals surface area (Å²) in [7, 11) is 0. The van der Waals surface area contributed by atoms with Crippen molar-refractivity contribution >= 4 is 34.4 Å². The van der Waals surface area contributed by atoms with E-state index in [1.165, 1.54) is 17.0 Å². The van der Waals surface area contributed by atoms with Gasteiger partial charge in [0.2, 0.25) is 5.91 Å². The highest BCUT2D eigenvalue weighted by Gasteiger charge is 2.32. The number of aromatic nitrogens is 2. The highest BCUT2D eigenvalue weighted by atomic mass is 35.5. The summed E-state index contributed by atoms with van der Waals surface area (Å²) in [6, 6.07) is 1.59. The van der Waals surface area contributed by atoms with E-state index in [9.17, 15) is 14.0 Å². The van der Waals surface area contributed by atoms with E-state index in [4.69, 9.17) is 17.3 Å². The maximum absolute atomic E-state index is 14.2. The molecule has 2 heterocycles. The van der Waals surface area contributed by atoms with Crippen LogP contribution >= 0.6 is 11.6 Å². The van der Waals surface area contributed by atoms with Gasteiger partial charge in [-0.2, -0.15) is 0 Å². The monoisotopic (exact) mass is 380 g/mol. The van der Waals surface area contributed by atoms with Crippen molar-refractivity contribution in [3.63, 3.8) is 0 Å². The lowest BCUT2D eigenvalue weighted by Crippen LogP contribution is -2.35. The molecule has 1 aliphatic carbocycles. The molecule has 2 unspecified atom stereocenters. The summed E-state index contributed by atoms with van der Waals surface area (Å²) in [6.07, 6.45) is 5.77. The van der Waals surface area contributed by atoms with Gasteiger partial charge in [-0.15, -0.1) is 0 Å². The third-order valence-electron chi connectivity index (χ3n) is 4.85. The molecule has 0 bridgehead atoms. The number of primary amides is 1. The number of pyridine rings is 1. The maximum Gasteiger partial charge on any atom is 0.253 e. The number of hydrogen-bond donors (Lipinski definition) is 2. The molecule has 1 saturated carbocycles. The van der Waals surface area contributed by atoms with Crippen molar-refractivity contribution in [3.8, 4) is 0 Å². The van der Waals surface area contributed by atoms with Crippen LogP contribution in [0.5, 0.6) is 0 Å². The summed E-state index contributed by atoms with van der Waals surface area (Å²) < 4.78 is 15.7. The van der Waals surface area contributed by atoms with Crippen molar-refractivity contribution in [2.45, 2.75) is 44.8 Å². The van der Waals surface area contributed by atoms with Crippen LogP contribution in [0.15, 0.2) is 18.5 Å². The summed E-state index contributed by atoms with van der Waals surface area (Å²) in [6.45, 7) is 1.92. The number of carbonyl (C=O) groups is 2. The second-order valence-corrected chi connectivity index (χ2v) is 7.62. The lowest BCUT2D eigenvalue weighted by molar-refractivity contribution is -0.118. The molecule has 0 radical (unpaired) electrons. The Labute approximate surface area is 155 Å². The van der Waals surface area contributed by atoms with E-state index < -0.39 is 11.6 Å². The number of alkyl halides is 1. The Morgan fingerprint density at radius 3 is 3.00 bits per heavy atom. The Bertz CT molecular complexity index is 849. The molecule has 0 spiro atoms. The van der Waals surface area contributed by atoms with E-state index in [0.717, 1.165) is 12.8 Å². The zero-order valence-corrected chi connectivity index (χ0v) is 15.4. The van der Waals surface area contributed by atoms with Gasteiger partial charge in [0.15, 0.2) is 0 Å². The van der Waals surface area contributed by atoms with Gasteiger partial charge in [-0.1, -0.05) is 11.6 Å². The van der Waals surface area contributed by atoms with Gasteiger partial charge in [0, 0.05) is 18.9 Å². The molecule has 0 aliphatic heterocycles. The second kappa shape index (κ2) is 7.23. The Kier molecular flexibility index (Phi) is 5.18. The molecule has 8 heteroatoms. The van der Waals surface area contributed by atoms with Crippen molar-refractivity contribution in [2.24, 2.45) is 11.7 Å². The second-order valence-electron chi connectivity index (χ2n) is 7.21. The van der Waals surface area contributed by atoms with Crippen LogP contribution in [0.1, 0.15) is 43.0 Å². The van der Waals surface area contributed by atoms with Gasteiger partial charge in [0.05, 0.1) is 16.0 Å². The molecule has 26 heavy (non-hydrogen) atoms. The van der Waals surface area contributed by atoms with Crippen LogP contribution in [0.25, 0.3) is 11.0 Å². The van der Waals surface area contributed by atoms with Crippen molar-refractivity contribution in [3.05, 3.63) is 29.0 Å². The Balaban J connectivity index is 1.81. The minimum Gasteiger partial charge on any atom is -0.368 e. The van der Waals surface area contributed by atoms with Crippen LogP contribution in [-0.4, -0.2) is 33.6 Å². The largest absolute Gasteiger partial charge is 0.368 e. The maximum atomic E-state index is 14.2. The molecule has 1 fully saturated rings. The molecule has 0 aromatic carbocycles.